The molecule has 0 aliphatic rings. The van der Waals surface area contributed by atoms with Gasteiger partial charge in [0.25, 0.3) is 5.91 Å². The molecule has 0 fully saturated rings. The zero-order valence-electron chi connectivity index (χ0n) is 22.3. The minimum Gasteiger partial charge on any atom is -0.480 e. The number of aliphatic carboxylic acids is 1. The standard InChI is InChI=1S/C33H31N3O4/c1-24-29(34-31(40-24)27-10-4-2-5-11-27)18-21-36(32(37)28-12-6-3-7-13-28)23-26-16-14-25(15-17-26)22-30(33(38)39)35-19-8-9-20-35/h2-17,19-20,30H,18,21-23H2,1H3,(H,38,39)/t30-/m0/s1. The van der Waals surface area contributed by atoms with Crippen LogP contribution in [0.3, 0.4) is 0 Å². The topological polar surface area (TPSA) is 88.6 Å². The van der Waals surface area contributed by atoms with Crippen molar-refractivity contribution in [1.82, 2.24) is 14.5 Å². The van der Waals surface area contributed by atoms with E-state index in [2.05, 4.69) is 0 Å². The fourth-order valence-electron chi connectivity index (χ4n) is 4.72. The molecule has 5 rings (SSSR count). The van der Waals surface area contributed by atoms with E-state index in [4.69, 9.17) is 9.40 Å². The summed E-state index contributed by atoms with van der Waals surface area (Å²) in [6, 6.07) is 29.8. The Bertz CT molecular complexity index is 1540. The summed E-state index contributed by atoms with van der Waals surface area (Å²) in [6.07, 6.45) is 4.45. The highest BCUT2D eigenvalue weighted by molar-refractivity contribution is 5.94. The zero-order chi connectivity index (χ0) is 27.9. The maximum absolute atomic E-state index is 13.5. The first-order valence-corrected chi connectivity index (χ1v) is 13.3. The van der Waals surface area contributed by atoms with E-state index < -0.39 is 12.0 Å². The summed E-state index contributed by atoms with van der Waals surface area (Å²) >= 11 is 0. The average Bonchev–Trinajstić information content (AvgIpc) is 3.65. The van der Waals surface area contributed by atoms with Gasteiger partial charge in [0, 0.05) is 49.5 Å². The molecular formula is C33H31N3O4. The fourth-order valence-corrected chi connectivity index (χ4v) is 4.72. The number of carboxylic acid groups (broad SMARTS) is 1. The second kappa shape index (κ2) is 12.3. The lowest BCUT2D eigenvalue weighted by Crippen LogP contribution is -2.32. The van der Waals surface area contributed by atoms with Gasteiger partial charge in [0.05, 0.1) is 5.69 Å². The summed E-state index contributed by atoms with van der Waals surface area (Å²) in [5.41, 5.74) is 4.23. The van der Waals surface area contributed by atoms with Crippen molar-refractivity contribution in [2.45, 2.75) is 32.4 Å². The molecule has 7 heteroatoms. The molecule has 40 heavy (non-hydrogen) atoms. The van der Waals surface area contributed by atoms with Crippen LogP contribution in [0, 0.1) is 6.92 Å². The van der Waals surface area contributed by atoms with Crippen LogP contribution in [0.15, 0.2) is 114 Å². The van der Waals surface area contributed by atoms with Gasteiger partial charge in [0.15, 0.2) is 0 Å². The number of carboxylic acids is 1. The third kappa shape index (κ3) is 6.38. The molecule has 1 amide bonds. The maximum atomic E-state index is 13.5. The molecule has 2 aromatic heterocycles. The number of amides is 1. The van der Waals surface area contributed by atoms with E-state index in [1.54, 1.807) is 17.0 Å². The normalized spacial score (nSPS) is 11.7. The van der Waals surface area contributed by atoms with Crippen LogP contribution in [0.4, 0.5) is 0 Å². The number of nitrogens with zero attached hydrogens (tertiary/aromatic N) is 3. The zero-order valence-corrected chi connectivity index (χ0v) is 22.3. The van der Waals surface area contributed by atoms with Crippen LogP contribution in [0.2, 0.25) is 0 Å². The van der Waals surface area contributed by atoms with Gasteiger partial charge >= 0.3 is 5.97 Å². The van der Waals surface area contributed by atoms with Crippen LogP contribution in [0.5, 0.6) is 0 Å². The second-order valence-corrected chi connectivity index (χ2v) is 9.74. The van der Waals surface area contributed by atoms with Crippen LogP contribution in [0.1, 0.15) is 39.0 Å². The van der Waals surface area contributed by atoms with Gasteiger partial charge in [-0.25, -0.2) is 9.78 Å². The first-order chi connectivity index (χ1) is 19.5. The molecule has 1 atom stereocenters. The van der Waals surface area contributed by atoms with Crippen molar-refractivity contribution in [2.24, 2.45) is 0 Å². The van der Waals surface area contributed by atoms with Crippen LogP contribution < -0.4 is 0 Å². The van der Waals surface area contributed by atoms with E-state index in [9.17, 15) is 14.7 Å². The predicted octanol–water partition coefficient (Wildman–Crippen LogP) is 6.21. The third-order valence-corrected chi connectivity index (χ3v) is 6.94. The number of carbonyl (C=O) groups is 2. The number of benzene rings is 3. The van der Waals surface area contributed by atoms with E-state index in [-0.39, 0.29) is 5.91 Å². The molecule has 0 saturated carbocycles. The Hall–Kier alpha value is -4.91. The van der Waals surface area contributed by atoms with Crippen LogP contribution in [0.25, 0.3) is 11.5 Å². The van der Waals surface area contributed by atoms with Gasteiger partial charge in [0.2, 0.25) is 5.89 Å². The average molecular weight is 534 g/mol. The van der Waals surface area contributed by atoms with Crippen LogP contribution in [-0.2, 0) is 24.2 Å². The van der Waals surface area contributed by atoms with E-state index >= 15 is 0 Å². The van der Waals surface area contributed by atoms with Gasteiger partial charge in [-0.1, -0.05) is 60.7 Å². The minimum atomic E-state index is -0.876. The number of oxazole rings is 1. The van der Waals surface area contributed by atoms with E-state index in [0.29, 0.717) is 37.4 Å². The molecule has 0 spiro atoms. The quantitative estimate of drug-likeness (QED) is 0.218. The highest BCUT2D eigenvalue weighted by Gasteiger charge is 2.21. The molecule has 2 heterocycles. The molecule has 0 aliphatic heterocycles. The monoisotopic (exact) mass is 533 g/mol. The molecule has 7 nitrogen and oxygen atoms in total. The first kappa shape index (κ1) is 26.7. The van der Waals surface area contributed by atoms with Crippen molar-refractivity contribution >= 4 is 11.9 Å². The summed E-state index contributed by atoms with van der Waals surface area (Å²) in [5, 5.41) is 9.71. The molecule has 0 aliphatic carbocycles. The van der Waals surface area contributed by atoms with Crippen molar-refractivity contribution in [1.29, 1.82) is 0 Å². The predicted molar refractivity (Wildman–Crippen MR) is 153 cm³/mol. The van der Waals surface area contributed by atoms with Crippen molar-refractivity contribution in [3.05, 3.63) is 138 Å². The van der Waals surface area contributed by atoms with E-state index in [1.807, 2.05) is 109 Å². The number of hydrogen-bond donors (Lipinski definition) is 1. The molecule has 0 bridgehead atoms. The van der Waals surface area contributed by atoms with Gasteiger partial charge in [-0.3, -0.25) is 4.79 Å². The minimum absolute atomic E-state index is 0.0624. The summed E-state index contributed by atoms with van der Waals surface area (Å²) in [4.78, 5) is 31.9. The van der Waals surface area contributed by atoms with Gasteiger partial charge in [-0.15, -0.1) is 0 Å². The van der Waals surface area contributed by atoms with Crippen molar-refractivity contribution in [3.8, 4) is 11.5 Å². The van der Waals surface area contributed by atoms with Crippen molar-refractivity contribution in [3.63, 3.8) is 0 Å². The number of carbonyl (C=O) groups excluding carboxylic acids is 1. The highest BCUT2D eigenvalue weighted by atomic mass is 16.4. The molecule has 5 aromatic rings. The van der Waals surface area contributed by atoms with Crippen LogP contribution >= 0.6 is 0 Å². The van der Waals surface area contributed by atoms with Crippen LogP contribution in [-0.4, -0.2) is 38.0 Å². The molecule has 0 unspecified atom stereocenters. The highest BCUT2D eigenvalue weighted by Crippen LogP contribution is 2.23. The molecule has 3 aromatic carbocycles. The summed E-state index contributed by atoms with van der Waals surface area (Å²) in [7, 11) is 0. The molecule has 0 saturated heterocycles. The van der Waals surface area contributed by atoms with Gasteiger partial charge in [-0.05, 0) is 54.4 Å². The lowest BCUT2D eigenvalue weighted by molar-refractivity contribution is -0.140. The second-order valence-electron chi connectivity index (χ2n) is 9.74. The van der Waals surface area contributed by atoms with Crippen molar-refractivity contribution in [2.75, 3.05) is 6.54 Å². The summed E-state index contributed by atoms with van der Waals surface area (Å²) < 4.78 is 7.63. The van der Waals surface area contributed by atoms with E-state index in [1.165, 1.54) is 0 Å². The SMILES string of the molecule is Cc1oc(-c2ccccc2)nc1CCN(Cc1ccc(C[C@@H](C(=O)O)n2cccc2)cc1)C(=O)c1ccccc1. The number of hydrogen-bond acceptors (Lipinski definition) is 4. The van der Waals surface area contributed by atoms with E-state index in [0.717, 1.165) is 28.1 Å². The van der Waals surface area contributed by atoms with Gasteiger partial charge < -0.3 is 19.0 Å². The number of rotatable bonds is 11. The van der Waals surface area contributed by atoms with Crippen molar-refractivity contribution < 1.29 is 19.1 Å². The Morgan fingerprint density at radius 1 is 0.875 bits per heavy atom. The first-order valence-electron chi connectivity index (χ1n) is 13.3. The largest absolute Gasteiger partial charge is 0.480 e. The Morgan fingerprint density at radius 3 is 2.15 bits per heavy atom. The lowest BCUT2D eigenvalue weighted by atomic mass is 10.0. The third-order valence-electron chi connectivity index (χ3n) is 6.94. The summed E-state index contributed by atoms with van der Waals surface area (Å²) in [6.45, 7) is 2.77. The molecule has 202 valence electrons. The Morgan fingerprint density at radius 2 is 1.50 bits per heavy atom. The Balaban J connectivity index is 1.32. The molecule has 1 N–H and O–H groups in total. The number of aromatic nitrogens is 2. The Labute approximate surface area is 233 Å². The number of aryl methyl sites for hydroxylation is 1. The lowest BCUT2D eigenvalue weighted by Gasteiger charge is -2.23. The smallest absolute Gasteiger partial charge is 0.327 e. The molecular weight excluding hydrogens is 502 g/mol. The molecule has 0 radical (unpaired) electrons. The van der Waals surface area contributed by atoms with Gasteiger partial charge in [0.1, 0.15) is 11.8 Å². The fraction of sp³-hybridized carbons (Fsp3) is 0.182. The van der Waals surface area contributed by atoms with Gasteiger partial charge in [-0.2, -0.15) is 0 Å². The Kier molecular flexibility index (Phi) is 8.21. The summed E-state index contributed by atoms with van der Waals surface area (Å²) in [5.74, 6) is 0.376. The maximum Gasteiger partial charge on any atom is 0.327 e.